The first-order chi connectivity index (χ1) is 10.1. The number of hydrogen-bond donors (Lipinski definition) is 1. The molecule has 1 atom stereocenters. The van der Waals surface area contributed by atoms with E-state index in [0.717, 1.165) is 5.56 Å². The van der Waals surface area contributed by atoms with E-state index < -0.39 is 17.7 Å². The van der Waals surface area contributed by atoms with Gasteiger partial charge in [-0.05, 0) is 48.7 Å². The summed E-state index contributed by atoms with van der Waals surface area (Å²) in [7, 11) is 0. The SMILES string of the molecule is CCOc1cccc(CC(C(=O)O)c2cccc(F)c2)c1. The van der Waals surface area contributed by atoms with Crippen LogP contribution in [0.3, 0.4) is 0 Å². The van der Waals surface area contributed by atoms with Crippen LogP contribution in [0.1, 0.15) is 24.0 Å². The van der Waals surface area contributed by atoms with E-state index in [2.05, 4.69) is 0 Å². The standard InChI is InChI=1S/C17H17FO3/c1-2-21-15-8-3-5-12(9-15)10-16(17(19)20)13-6-4-7-14(18)11-13/h3-9,11,16H,2,10H2,1H3,(H,19,20). The van der Waals surface area contributed by atoms with Gasteiger partial charge in [0, 0.05) is 0 Å². The average Bonchev–Trinajstić information content (AvgIpc) is 2.45. The van der Waals surface area contributed by atoms with Crippen molar-refractivity contribution in [1.82, 2.24) is 0 Å². The highest BCUT2D eigenvalue weighted by Gasteiger charge is 2.21. The summed E-state index contributed by atoms with van der Waals surface area (Å²) in [6.07, 6.45) is 0.291. The Morgan fingerprint density at radius 2 is 2.00 bits per heavy atom. The van der Waals surface area contributed by atoms with Gasteiger partial charge in [0.15, 0.2) is 0 Å². The predicted octanol–water partition coefficient (Wildman–Crippen LogP) is 3.64. The van der Waals surface area contributed by atoms with Crippen molar-refractivity contribution in [2.45, 2.75) is 19.3 Å². The molecule has 2 rings (SSSR count). The number of rotatable bonds is 6. The average molecular weight is 288 g/mol. The fourth-order valence-electron chi connectivity index (χ4n) is 2.24. The van der Waals surface area contributed by atoms with Gasteiger partial charge in [-0.25, -0.2) is 4.39 Å². The molecule has 0 radical (unpaired) electrons. The van der Waals surface area contributed by atoms with Crippen molar-refractivity contribution in [3.05, 3.63) is 65.5 Å². The van der Waals surface area contributed by atoms with Crippen LogP contribution in [0.5, 0.6) is 5.75 Å². The lowest BCUT2D eigenvalue weighted by atomic mass is 9.92. The quantitative estimate of drug-likeness (QED) is 0.882. The first-order valence-electron chi connectivity index (χ1n) is 6.80. The second-order valence-corrected chi connectivity index (χ2v) is 4.73. The maximum atomic E-state index is 13.3. The zero-order chi connectivity index (χ0) is 15.2. The Morgan fingerprint density at radius 1 is 1.24 bits per heavy atom. The summed E-state index contributed by atoms with van der Waals surface area (Å²) in [6.45, 7) is 2.44. The van der Waals surface area contributed by atoms with Crippen LogP contribution in [-0.4, -0.2) is 17.7 Å². The third-order valence-electron chi connectivity index (χ3n) is 3.20. The minimum absolute atomic E-state index is 0.291. The van der Waals surface area contributed by atoms with Crippen molar-refractivity contribution in [3.63, 3.8) is 0 Å². The number of halogens is 1. The van der Waals surface area contributed by atoms with E-state index in [9.17, 15) is 14.3 Å². The van der Waals surface area contributed by atoms with Crippen LogP contribution in [0, 0.1) is 5.82 Å². The molecule has 4 heteroatoms. The maximum absolute atomic E-state index is 13.3. The van der Waals surface area contributed by atoms with Crippen molar-refractivity contribution in [3.8, 4) is 5.75 Å². The Morgan fingerprint density at radius 3 is 2.67 bits per heavy atom. The van der Waals surface area contributed by atoms with Gasteiger partial charge in [0.05, 0.1) is 12.5 Å². The number of ether oxygens (including phenoxy) is 1. The summed E-state index contributed by atoms with van der Waals surface area (Å²) in [5, 5.41) is 9.40. The number of carbonyl (C=O) groups is 1. The first kappa shape index (κ1) is 15.0. The Balaban J connectivity index is 2.24. The van der Waals surface area contributed by atoms with E-state index in [0.29, 0.717) is 24.3 Å². The highest BCUT2D eigenvalue weighted by molar-refractivity contribution is 5.76. The van der Waals surface area contributed by atoms with Crippen molar-refractivity contribution in [1.29, 1.82) is 0 Å². The second-order valence-electron chi connectivity index (χ2n) is 4.73. The summed E-state index contributed by atoms with van der Waals surface area (Å²) in [4.78, 5) is 11.5. The van der Waals surface area contributed by atoms with Crippen LogP contribution >= 0.6 is 0 Å². The lowest BCUT2D eigenvalue weighted by Crippen LogP contribution is -2.14. The Labute approximate surface area is 123 Å². The molecule has 0 aromatic heterocycles. The maximum Gasteiger partial charge on any atom is 0.311 e. The summed E-state index contributed by atoms with van der Waals surface area (Å²) >= 11 is 0. The van der Waals surface area contributed by atoms with Crippen LogP contribution in [0.15, 0.2) is 48.5 Å². The fraction of sp³-hybridized carbons (Fsp3) is 0.235. The van der Waals surface area contributed by atoms with E-state index in [1.165, 1.54) is 18.2 Å². The summed E-state index contributed by atoms with van der Waals surface area (Å²) < 4.78 is 18.7. The third kappa shape index (κ3) is 4.05. The number of benzene rings is 2. The fourth-order valence-corrected chi connectivity index (χ4v) is 2.24. The molecule has 1 unspecified atom stereocenters. The lowest BCUT2D eigenvalue weighted by Gasteiger charge is -2.14. The van der Waals surface area contributed by atoms with Crippen molar-refractivity contribution in [2.24, 2.45) is 0 Å². The molecule has 21 heavy (non-hydrogen) atoms. The molecule has 1 N–H and O–H groups in total. The van der Waals surface area contributed by atoms with E-state index >= 15 is 0 Å². The van der Waals surface area contributed by atoms with Gasteiger partial charge in [0.1, 0.15) is 11.6 Å². The smallest absolute Gasteiger partial charge is 0.311 e. The zero-order valence-corrected chi connectivity index (χ0v) is 11.8. The Bertz CT molecular complexity index is 625. The molecular formula is C17H17FO3. The second kappa shape index (κ2) is 6.88. The van der Waals surface area contributed by atoms with Gasteiger partial charge in [-0.15, -0.1) is 0 Å². The number of carboxylic acid groups (broad SMARTS) is 1. The van der Waals surface area contributed by atoms with Crippen LogP contribution in [0.4, 0.5) is 4.39 Å². The highest BCUT2D eigenvalue weighted by atomic mass is 19.1. The van der Waals surface area contributed by atoms with Crippen molar-refractivity contribution in [2.75, 3.05) is 6.61 Å². The summed E-state index contributed by atoms with van der Waals surface area (Å²) in [5.41, 5.74) is 1.31. The highest BCUT2D eigenvalue weighted by Crippen LogP contribution is 2.24. The minimum atomic E-state index is -0.970. The number of carboxylic acids is 1. The van der Waals surface area contributed by atoms with Crippen molar-refractivity contribution >= 4 is 5.97 Å². The molecule has 3 nitrogen and oxygen atoms in total. The molecule has 2 aromatic carbocycles. The first-order valence-corrected chi connectivity index (χ1v) is 6.80. The van der Waals surface area contributed by atoms with Gasteiger partial charge >= 0.3 is 5.97 Å². The zero-order valence-electron chi connectivity index (χ0n) is 11.8. The molecule has 0 aliphatic carbocycles. The normalized spacial score (nSPS) is 11.9. The largest absolute Gasteiger partial charge is 0.494 e. The van der Waals surface area contributed by atoms with Crippen LogP contribution < -0.4 is 4.74 Å². The summed E-state index contributed by atoms with van der Waals surface area (Å²) in [6, 6.07) is 13.0. The molecule has 0 saturated heterocycles. The summed E-state index contributed by atoms with van der Waals surface area (Å²) in [5.74, 6) is -1.47. The van der Waals surface area contributed by atoms with Gasteiger partial charge in [-0.3, -0.25) is 4.79 Å². The molecule has 110 valence electrons. The minimum Gasteiger partial charge on any atom is -0.494 e. The molecule has 0 aliphatic heterocycles. The van der Waals surface area contributed by atoms with Gasteiger partial charge in [0.2, 0.25) is 0 Å². The lowest BCUT2D eigenvalue weighted by molar-refractivity contribution is -0.138. The molecule has 0 fully saturated rings. The van der Waals surface area contributed by atoms with Crippen LogP contribution in [0.25, 0.3) is 0 Å². The van der Waals surface area contributed by atoms with Gasteiger partial charge in [-0.1, -0.05) is 24.3 Å². The monoisotopic (exact) mass is 288 g/mol. The molecule has 0 bridgehead atoms. The number of hydrogen-bond acceptors (Lipinski definition) is 2. The molecule has 0 aliphatic rings. The van der Waals surface area contributed by atoms with Crippen LogP contribution in [-0.2, 0) is 11.2 Å². The Kier molecular flexibility index (Phi) is 4.93. The molecular weight excluding hydrogens is 271 g/mol. The molecule has 0 saturated carbocycles. The molecule has 0 heterocycles. The molecule has 2 aromatic rings. The predicted molar refractivity (Wildman–Crippen MR) is 78.1 cm³/mol. The van der Waals surface area contributed by atoms with Gasteiger partial charge in [-0.2, -0.15) is 0 Å². The van der Waals surface area contributed by atoms with E-state index in [-0.39, 0.29) is 0 Å². The molecule has 0 amide bonds. The van der Waals surface area contributed by atoms with E-state index in [1.807, 2.05) is 31.2 Å². The Hall–Kier alpha value is -2.36. The number of aliphatic carboxylic acids is 1. The van der Waals surface area contributed by atoms with Gasteiger partial charge < -0.3 is 9.84 Å². The van der Waals surface area contributed by atoms with E-state index in [1.54, 1.807) is 6.07 Å². The van der Waals surface area contributed by atoms with Crippen LogP contribution in [0.2, 0.25) is 0 Å². The third-order valence-corrected chi connectivity index (χ3v) is 3.20. The van der Waals surface area contributed by atoms with Gasteiger partial charge in [0.25, 0.3) is 0 Å². The van der Waals surface area contributed by atoms with Crippen molar-refractivity contribution < 1.29 is 19.0 Å². The molecule has 0 spiro atoms. The topological polar surface area (TPSA) is 46.5 Å². The van der Waals surface area contributed by atoms with E-state index in [4.69, 9.17) is 4.74 Å².